The predicted octanol–water partition coefficient (Wildman–Crippen LogP) is -0.0719. The van der Waals surface area contributed by atoms with Crippen molar-refractivity contribution < 1.29 is 19.5 Å². The number of Topliss-reactive ketones (excluding diaryl/α,β-unsaturated/α-hetero) is 1. The Morgan fingerprint density at radius 3 is 2.22 bits per heavy atom. The second kappa shape index (κ2) is 10.4. The molecule has 0 aromatic heterocycles. The van der Waals surface area contributed by atoms with Crippen LogP contribution in [0.25, 0.3) is 0 Å². The van der Waals surface area contributed by atoms with Gasteiger partial charge in [-0.25, -0.2) is 4.79 Å². The lowest BCUT2D eigenvalue weighted by Crippen LogP contribution is -2.47. The maximum Gasteiger partial charge on any atom is 0.326 e. The zero-order chi connectivity index (χ0) is 14.7. The lowest BCUT2D eigenvalue weighted by Gasteiger charge is -2.15. The van der Waals surface area contributed by atoms with Gasteiger partial charge < -0.3 is 21.6 Å². The van der Waals surface area contributed by atoms with Crippen LogP contribution in [0.3, 0.4) is 0 Å². The average Bonchev–Trinajstić information content (AvgIpc) is 2.35. The van der Waals surface area contributed by atoms with E-state index in [1.54, 1.807) is 0 Å². The highest BCUT2D eigenvalue weighted by Crippen LogP contribution is 1.98. The highest BCUT2D eigenvalue weighted by molar-refractivity contribution is 6.26. The molecule has 0 fully saturated rings. The second-order valence-electron chi connectivity index (χ2n) is 3.34. The number of amides is 1. The smallest absolute Gasteiger partial charge is 0.326 e. The summed E-state index contributed by atoms with van der Waals surface area (Å²) >= 11 is 0. The van der Waals surface area contributed by atoms with Crippen LogP contribution in [0.15, 0.2) is 0 Å². The van der Waals surface area contributed by atoms with Crippen LogP contribution >= 0.6 is 0 Å². The molecule has 5 N–H and O–H groups in total. The lowest BCUT2D eigenvalue weighted by molar-refractivity contribution is -0.142. The molecular weight excluding hydrogens is 238 g/mol. The van der Waals surface area contributed by atoms with Crippen LogP contribution in [0.4, 0.5) is 0 Å². The minimum Gasteiger partial charge on any atom is -0.480 e. The third-order valence-corrected chi connectivity index (χ3v) is 1.87. The number of hydrogen-bond acceptors (Lipinski definition) is 5. The Hall–Kier alpha value is -1.76. The van der Waals surface area contributed by atoms with Gasteiger partial charge >= 0.3 is 5.97 Å². The molecular formula is C11H21N3O4. The molecule has 2 atom stereocenters. The summed E-state index contributed by atoms with van der Waals surface area (Å²) in [7, 11) is 0. The van der Waals surface area contributed by atoms with Crippen LogP contribution < -0.4 is 11.1 Å². The first-order chi connectivity index (χ1) is 8.38. The molecule has 0 radical (unpaired) electrons. The van der Waals surface area contributed by atoms with Gasteiger partial charge in [-0.15, -0.1) is 0 Å². The van der Waals surface area contributed by atoms with Gasteiger partial charge in [0.2, 0.25) is 5.91 Å². The second-order valence-corrected chi connectivity index (χ2v) is 3.34. The van der Waals surface area contributed by atoms with E-state index >= 15 is 0 Å². The maximum absolute atomic E-state index is 11.1. The van der Waals surface area contributed by atoms with Gasteiger partial charge in [-0.2, -0.15) is 0 Å². The van der Waals surface area contributed by atoms with Crippen LogP contribution in [-0.2, 0) is 14.4 Å². The molecule has 0 rings (SSSR count). The molecule has 7 nitrogen and oxygen atoms in total. The fraction of sp³-hybridized carbons (Fsp3) is 0.636. The number of hydrogen-bond donors (Lipinski definition) is 4. The summed E-state index contributed by atoms with van der Waals surface area (Å²) in [6, 6.07) is -1.96. The number of aliphatic carboxylic acids is 1. The predicted molar refractivity (Wildman–Crippen MR) is 67.6 cm³/mol. The van der Waals surface area contributed by atoms with E-state index in [1.807, 2.05) is 13.8 Å². The summed E-state index contributed by atoms with van der Waals surface area (Å²) in [5.74, 6) is -2.30. The molecule has 0 saturated carbocycles. The first-order valence-electron chi connectivity index (χ1n) is 5.70. The molecule has 0 bridgehead atoms. The number of nitrogens with one attached hydrogen (secondary N) is 2. The van der Waals surface area contributed by atoms with E-state index in [-0.39, 0.29) is 12.8 Å². The Labute approximate surface area is 106 Å². The lowest BCUT2D eigenvalue weighted by atomic mass is 10.1. The molecule has 0 saturated heterocycles. The van der Waals surface area contributed by atoms with E-state index in [1.165, 1.54) is 6.92 Å². The van der Waals surface area contributed by atoms with Crippen molar-refractivity contribution in [2.75, 3.05) is 0 Å². The minimum atomic E-state index is -1.23. The van der Waals surface area contributed by atoms with Crippen molar-refractivity contribution in [1.29, 1.82) is 5.41 Å². The molecule has 2 unspecified atom stereocenters. The van der Waals surface area contributed by atoms with Gasteiger partial charge in [0, 0.05) is 6.42 Å². The van der Waals surface area contributed by atoms with Crippen molar-refractivity contribution in [3.05, 3.63) is 0 Å². The van der Waals surface area contributed by atoms with Gasteiger partial charge in [0.25, 0.3) is 0 Å². The van der Waals surface area contributed by atoms with E-state index in [9.17, 15) is 14.4 Å². The van der Waals surface area contributed by atoms with Crippen molar-refractivity contribution in [3.8, 4) is 0 Å². The summed E-state index contributed by atoms with van der Waals surface area (Å²) in [6.07, 6.45) is 0.466. The van der Waals surface area contributed by atoms with Crippen molar-refractivity contribution in [2.45, 2.75) is 45.7 Å². The van der Waals surface area contributed by atoms with E-state index < -0.39 is 29.7 Å². The van der Waals surface area contributed by atoms with Gasteiger partial charge in [0.1, 0.15) is 6.04 Å². The van der Waals surface area contributed by atoms with E-state index in [2.05, 4.69) is 5.32 Å². The van der Waals surface area contributed by atoms with E-state index in [0.29, 0.717) is 6.21 Å². The molecule has 0 aromatic carbocycles. The summed E-state index contributed by atoms with van der Waals surface area (Å²) in [5.41, 5.74) is 5.26. The topological polar surface area (TPSA) is 133 Å². The average molecular weight is 259 g/mol. The molecule has 0 aromatic rings. The largest absolute Gasteiger partial charge is 0.480 e. The van der Waals surface area contributed by atoms with Crippen LogP contribution in [-0.4, -0.2) is 41.1 Å². The number of rotatable bonds is 7. The number of nitrogens with two attached hydrogens (primary N) is 1. The van der Waals surface area contributed by atoms with Gasteiger partial charge in [-0.05, 0) is 13.3 Å². The SMILES string of the molecule is CC.CC(N)C(=O)NC(CCC(=O)C=N)C(=O)O. The van der Waals surface area contributed by atoms with E-state index in [4.69, 9.17) is 16.2 Å². The van der Waals surface area contributed by atoms with Gasteiger partial charge in [-0.3, -0.25) is 9.59 Å². The zero-order valence-electron chi connectivity index (χ0n) is 10.9. The minimum absolute atomic E-state index is 0.0536. The van der Waals surface area contributed by atoms with Crippen LogP contribution in [0.2, 0.25) is 0 Å². The van der Waals surface area contributed by atoms with Crippen LogP contribution in [0.5, 0.6) is 0 Å². The fourth-order valence-corrected chi connectivity index (χ4v) is 0.919. The van der Waals surface area contributed by atoms with Gasteiger partial charge in [0.05, 0.1) is 12.3 Å². The Morgan fingerprint density at radius 2 is 1.89 bits per heavy atom. The number of carboxylic acids is 1. The van der Waals surface area contributed by atoms with Crippen molar-refractivity contribution in [2.24, 2.45) is 5.73 Å². The number of carbonyl (C=O) groups is 3. The monoisotopic (exact) mass is 259 g/mol. The standard InChI is InChI=1S/C9H15N3O4.C2H6/c1-5(11)8(14)12-7(9(15)16)3-2-6(13)4-10;1-2/h4-5,7,10H,2-3,11H2,1H3,(H,12,14)(H,15,16);1-2H3. The third-order valence-electron chi connectivity index (χ3n) is 1.87. The molecule has 0 aliphatic carbocycles. The highest BCUT2D eigenvalue weighted by Gasteiger charge is 2.21. The molecule has 0 aliphatic heterocycles. The zero-order valence-corrected chi connectivity index (χ0v) is 10.9. The number of carbonyl (C=O) groups excluding carboxylic acids is 2. The Kier molecular flexibility index (Phi) is 10.7. The molecule has 18 heavy (non-hydrogen) atoms. The van der Waals surface area contributed by atoms with Crippen LogP contribution in [0.1, 0.15) is 33.6 Å². The van der Waals surface area contributed by atoms with Crippen molar-refractivity contribution in [1.82, 2.24) is 5.32 Å². The molecule has 0 spiro atoms. The summed E-state index contributed by atoms with van der Waals surface area (Å²) in [5, 5.41) is 17.6. The molecule has 1 amide bonds. The molecule has 0 aliphatic rings. The molecule has 0 heterocycles. The van der Waals surface area contributed by atoms with Gasteiger partial charge in [-0.1, -0.05) is 13.8 Å². The fourth-order valence-electron chi connectivity index (χ4n) is 0.919. The number of ketones is 1. The third kappa shape index (κ3) is 8.40. The van der Waals surface area contributed by atoms with Crippen molar-refractivity contribution in [3.63, 3.8) is 0 Å². The normalized spacial score (nSPS) is 12.4. The van der Waals surface area contributed by atoms with E-state index in [0.717, 1.165) is 0 Å². The molecule has 104 valence electrons. The Balaban J connectivity index is 0. The maximum atomic E-state index is 11.1. The summed E-state index contributed by atoms with van der Waals surface area (Å²) < 4.78 is 0. The summed E-state index contributed by atoms with van der Waals surface area (Å²) in [6.45, 7) is 5.43. The Morgan fingerprint density at radius 1 is 1.39 bits per heavy atom. The van der Waals surface area contributed by atoms with Crippen molar-refractivity contribution >= 4 is 23.9 Å². The quantitative estimate of drug-likeness (QED) is 0.475. The summed E-state index contributed by atoms with van der Waals surface area (Å²) in [4.78, 5) is 32.7. The Bertz CT molecular complexity index is 303. The first kappa shape index (κ1) is 18.6. The molecule has 7 heteroatoms. The van der Waals surface area contributed by atoms with Crippen LogP contribution in [0, 0.1) is 5.41 Å². The first-order valence-corrected chi connectivity index (χ1v) is 5.70. The number of carboxylic acid groups (broad SMARTS) is 1. The highest BCUT2D eigenvalue weighted by atomic mass is 16.4. The van der Waals surface area contributed by atoms with Gasteiger partial charge in [0.15, 0.2) is 5.78 Å².